The highest BCUT2D eigenvalue weighted by atomic mass is 32.2. The fourth-order valence-electron chi connectivity index (χ4n) is 4.28. The molecule has 2 aliphatic rings. The Morgan fingerprint density at radius 1 is 1.21 bits per heavy atom. The summed E-state index contributed by atoms with van der Waals surface area (Å²) in [4.78, 5) is 35.6. The van der Waals surface area contributed by atoms with E-state index < -0.39 is 0 Å². The Bertz CT molecular complexity index is 1270. The number of rotatable bonds is 6. The van der Waals surface area contributed by atoms with Gasteiger partial charge in [-0.05, 0) is 67.5 Å². The van der Waals surface area contributed by atoms with E-state index in [9.17, 15) is 9.59 Å². The molecule has 1 saturated carbocycles. The predicted octanol–water partition coefficient (Wildman–Crippen LogP) is 3.05. The molecule has 0 radical (unpaired) electrons. The lowest BCUT2D eigenvalue weighted by atomic mass is 10.0. The first-order chi connectivity index (χ1) is 16.4. The van der Waals surface area contributed by atoms with Gasteiger partial charge in [-0.1, -0.05) is 0 Å². The molecule has 3 aromatic heterocycles. The van der Waals surface area contributed by atoms with Crippen molar-refractivity contribution in [3.8, 4) is 11.1 Å². The lowest BCUT2D eigenvalue weighted by molar-refractivity contribution is -0.117. The summed E-state index contributed by atoms with van der Waals surface area (Å²) in [6, 6.07) is 5.71. The lowest BCUT2D eigenvalue weighted by Gasteiger charge is -2.40. The van der Waals surface area contributed by atoms with Crippen molar-refractivity contribution in [1.82, 2.24) is 24.1 Å². The molecule has 1 saturated heterocycles. The van der Waals surface area contributed by atoms with Gasteiger partial charge in [-0.15, -0.1) is 0 Å². The van der Waals surface area contributed by atoms with E-state index >= 15 is 0 Å². The monoisotopic (exact) mass is 479 g/mol. The van der Waals surface area contributed by atoms with Crippen LogP contribution >= 0.6 is 11.9 Å². The number of hydrogen-bond acceptors (Lipinski definition) is 7. The highest BCUT2D eigenvalue weighted by Gasteiger charge is 2.30. The smallest absolute Gasteiger partial charge is 0.250 e. The minimum absolute atomic E-state index is 0.0183. The average Bonchev–Trinajstić information content (AvgIpc) is 3.57. The molecule has 1 aliphatic heterocycles. The average molecular weight is 480 g/mol. The number of aromatic nitrogens is 4. The predicted molar refractivity (Wildman–Crippen MR) is 134 cm³/mol. The molecule has 2 N–H and O–H groups in total. The fourth-order valence-corrected chi connectivity index (χ4v) is 5.33. The van der Waals surface area contributed by atoms with E-state index in [4.69, 9.17) is 0 Å². The number of nitrogens with one attached hydrogen (secondary N) is 2. The van der Waals surface area contributed by atoms with Crippen LogP contribution in [0.2, 0.25) is 0 Å². The maximum absolute atomic E-state index is 12.6. The molecule has 1 unspecified atom stereocenters. The van der Waals surface area contributed by atoms with Gasteiger partial charge in [-0.3, -0.25) is 14.3 Å². The van der Waals surface area contributed by atoms with Crippen molar-refractivity contribution in [2.75, 3.05) is 29.9 Å². The molecule has 0 aromatic carbocycles. The van der Waals surface area contributed by atoms with Crippen LogP contribution in [0.4, 0.5) is 11.6 Å². The zero-order valence-electron chi connectivity index (χ0n) is 19.6. The van der Waals surface area contributed by atoms with Crippen LogP contribution in [0.5, 0.6) is 0 Å². The molecule has 10 heteroatoms. The highest BCUT2D eigenvalue weighted by Crippen LogP contribution is 2.32. The third-order valence-corrected chi connectivity index (χ3v) is 7.27. The zero-order valence-corrected chi connectivity index (χ0v) is 20.4. The molecule has 2 fully saturated rings. The third kappa shape index (κ3) is 5.02. The van der Waals surface area contributed by atoms with E-state index in [1.165, 1.54) is 0 Å². The van der Waals surface area contributed by atoms with Crippen LogP contribution in [-0.2, 0) is 11.8 Å². The fraction of sp³-hybridized carbons (Fsp3) is 0.417. The Morgan fingerprint density at radius 3 is 2.74 bits per heavy atom. The standard InChI is InChI=1S/C24H29N7O2S/c1-15-11-25-21(27-24(33)17-4-5-17)10-20(15)18-8-22(28-23(32)9-18)31-7-6-30(13-16(31)2)34-19-12-26-29(3)14-19/h8-12,14,16-17H,4-7,13H2,1-3H3,(H,28,32)(H,25,27,33). The number of anilines is 2. The largest absolute Gasteiger partial charge is 0.353 e. The van der Waals surface area contributed by atoms with Crippen molar-refractivity contribution < 1.29 is 4.79 Å². The Hall–Kier alpha value is -3.11. The molecule has 1 amide bonds. The van der Waals surface area contributed by atoms with Crippen LogP contribution in [0, 0.1) is 12.8 Å². The summed E-state index contributed by atoms with van der Waals surface area (Å²) in [6.45, 7) is 6.65. The number of piperazine rings is 1. The van der Waals surface area contributed by atoms with Gasteiger partial charge in [0.1, 0.15) is 11.6 Å². The van der Waals surface area contributed by atoms with Crippen molar-refractivity contribution in [2.24, 2.45) is 13.0 Å². The first kappa shape index (κ1) is 22.7. The van der Waals surface area contributed by atoms with Crippen LogP contribution < -0.4 is 15.8 Å². The van der Waals surface area contributed by atoms with Gasteiger partial charge in [-0.2, -0.15) is 5.10 Å². The van der Waals surface area contributed by atoms with Crippen molar-refractivity contribution >= 4 is 29.5 Å². The number of hydrogen-bond donors (Lipinski definition) is 2. The van der Waals surface area contributed by atoms with Crippen LogP contribution in [0.25, 0.3) is 11.1 Å². The quantitative estimate of drug-likeness (QED) is 0.524. The van der Waals surface area contributed by atoms with Gasteiger partial charge >= 0.3 is 0 Å². The minimum atomic E-state index is -0.147. The summed E-state index contributed by atoms with van der Waals surface area (Å²) in [5.74, 6) is 1.45. The summed E-state index contributed by atoms with van der Waals surface area (Å²) in [5.41, 5.74) is 2.52. The summed E-state index contributed by atoms with van der Waals surface area (Å²) >= 11 is 1.71. The minimum Gasteiger partial charge on any atom is -0.353 e. The molecule has 34 heavy (non-hydrogen) atoms. The second kappa shape index (κ2) is 9.27. The SMILES string of the molecule is Cc1cnc(NC(=O)C2CC2)cc1-c1cc(N2CCN(Sc3cnn(C)c3)CC2C)[nH]c(=O)c1. The number of H-pyrrole nitrogens is 1. The van der Waals surface area contributed by atoms with Crippen molar-refractivity contribution in [3.05, 3.63) is 52.7 Å². The zero-order chi connectivity index (χ0) is 23.8. The number of carbonyl (C=O) groups is 1. The highest BCUT2D eigenvalue weighted by molar-refractivity contribution is 7.97. The summed E-state index contributed by atoms with van der Waals surface area (Å²) in [7, 11) is 1.92. The molecule has 0 bridgehead atoms. The van der Waals surface area contributed by atoms with E-state index in [1.807, 2.05) is 43.2 Å². The molecular formula is C24H29N7O2S. The number of aryl methyl sites for hydroxylation is 2. The van der Waals surface area contributed by atoms with E-state index in [2.05, 4.69) is 36.5 Å². The Kier molecular flexibility index (Phi) is 6.18. The molecule has 4 heterocycles. The van der Waals surface area contributed by atoms with Gasteiger partial charge in [0, 0.05) is 57.1 Å². The Balaban J connectivity index is 1.35. The number of carbonyl (C=O) groups excluding carboxylic acids is 1. The summed E-state index contributed by atoms with van der Waals surface area (Å²) in [6.07, 6.45) is 7.51. The number of aromatic amines is 1. The normalized spacial score (nSPS) is 18.8. The van der Waals surface area contributed by atoms with Gasteiger partial charge in [0.25, 0.3) is 0 Å². The molecule has 1 atom stereocenters. The third-order valence-electron chi connectivity index (χ3n) is 6.26. The number of nitrogens with zero attached hydrogens (tertiary/aromatic N) is 5. The first-order valence-corrected chi connectivity index (χ1v) is 12.3. The number of pyridine rings is 2. The summed E-state index contributed by atoms with van der Waals surface area (Å²) < 4.78 is 4.14. The number of amides is 1. The van der Waals surface area contributed by atoms with Crippen LogP contribution in [-0.4, -0.2) is 55.6 Å². The van der Waals surface area contributed by atoms with Gasteiger partial charge in [0.2, 0.25) is 11.5 Å². The van der Waals surface area contributed by atoms with E-state index in [-0.39, 0.29) is 23.4 Å². The molecule has 0 spiro atoms. The van der Waals surface area contributed by atoms with Gasteiger partial charge in [-0.25, -0.2) is 9.29 Å². The second-order valence-electron chi connectivity index (χ2n) is 9.14. The van der Waals surface area contributed by atoms with Crippen molar-refractivity contribution in [2.45, 2.75) is 37.6 Å². The van der Waals surface area contributed by atoms with Crippen LogP contribution in [0.3, 0.4) is 0 Å². The Labute approximate surface area is 202 Å². The van der Waals surface area contributed by atoms with E-state index in [0.717, 1.165) is 59.9 Å². The maximum Gasteiger partial charge on any atom is 0.250 e. The maximum atomic E-state index is 12.6. The van der Waals surface area contributed by atoms with Gasteiger partial charge in [0.05, 0.1) is 11.1 Å². The lowest BCUT2D eigenvalue weighted by Crippen LogP contribution is -2.50. The Morgan fingerprint density at radius 2 is 2.03 bits per heavy atom. The van der Waals surface area contributed by atoms with Crippen molar-refractivity contribution in [3.63, 3.8) is 0 Å². The molecule has 3 aromatic rings. The summed E-state index contributed by atoms with van der Waals surface area (Å²) in [5, 5.41) is 7.15. The molecule has 178 valence electrons. The second-order valence-corrected chi connectivity index (χ2v) is 10.3. The molecule has 5 rings (SSSR count). The first-order valence-electron chi connectivity index (χ1n) is 11.6. The molecule has 9 nitrogen and oxygen atoms in total. The van der Waals surface area contributed by atoms with Gasteiger partial charge < -0.3 is 15.2 Å². The molecular weight excluding hydrogens is 450 g/mol. The van der Waals surface area contributed by atoms with Gasteiger partial charge in [0.15, 0.2) is 0 Å². The molecule has 1 aliphatic carbocycles. The van der Waals surface area contributed by atoms with E-state index in [1.54, 1.807) is 24.2 Å². The van der Waals surface area contributed by atoms with E-state index in [0.29, 0.717) is 5.82 Å². The van der Waals surface area contributed by atoms with Crippen molar-refractivity contribution in [1.29, 1.82) is 0 Å². The van der Waals surface area contributed by atoms with Crippen LogP contribution in [0.1, 0.15) is 25.3 Å². The van der Waals surface area contributed by atoms with Crippen LogP contribution in [0.15, 0.2) is 46.5 Å². The topological polar surface area (TPSA) is 99.2 Å².